The van der Waals surface area contributed by atoms with Crippen molar-refractivity contribution in [3.05, 3.63) is 22.2 Å². The van der Waals surface area contributed by atoms with Gasteiger partial charge in [0.1, 0.15) is 0 Å². The van der Waals surface area contributed by atoms with E-state index in [1.807, 2.05) is 0 Å². The molecule has 0 saturated carbocycles. The maximum atomic E-state index is 12.1. The summed E-state index contributed by atoms with van der Waals surface area (Å²) in [5.41, 5.74) is -0.690. The summed E-state index contributed by atoms with van der Waals surface area (Å²) in [5.74, 6) is -0.461. The number of ether oxygens (including phenoxy) is 2. The molecule has 0 radical (unpaired) electrons. The fourth-order valence-corrected chi connectivity index (χ4v) is 2.13. The second-order valence-electron chi connectivity index (χ2n) is 5.07. The minimum absolute atomic E-state index is 0.0210. The van der Waals surface area contributed by atoms with E-state index in [1.165, 1.54) is 20.3 Å². The molecule has 7 heteroatoms. The molecule has 116 valence electrons. The van der Waals surface area contributed by atoms with Crippen LogP contribution in [-0.2, 0) is 4.79 Å². The minimum Gasteiger partial charge on any atom is -0.493 e. The van der Waals surface area contributed by atoms with E-state index in [4.69, 9.17) is 14.6 Å². The number of nitrogens with one attached hydrogen (secondary N) is 1. The van der Waals surface area contributed by atoms with Gasteiger partial charge in [0.05, 0.1) is 24.1 Å². The van der Waals surface area contributed by atoms with E-state index in [0.29, 0.717) is 21.5 Å². The number of carboxylic acids is 1. The first-order chi connectivity index (χ1) is 9.72. The van der Waals surface area contributed by atoms with Crippen molar-refractivity contribution in [1.29, 1.82) is 0 Å². The Hall–Kier alpha value is -1.76. The number of amides is 1. The number of benzene rings is 1. The van der Waals surface area contributed by atoms with E-state index >= 15 is 0 Å². The fraction of sp³-hybridized carbons (Fsp3) is 0.429. The molecule has 0 aliphatic rings. The van der Waals surface area contributed by atoms with Crippen LogP contribution in [-0.4, -0.2) is 37.7 Å². The smallest absolute Gasteiger partial charge is 0.310 e. The van der Waals surface area contributed by atoms with Crippen molar-refractivity contribution in [1.82, 2.24) is 5.32 Å². The van der Waals surface area contributed by atoms with Crippen LogP contribution in [0.5, 0.6) is 11.5 Å². The topological polar surface area (TPSA) is 84.9 Å². The maximum absolute atomic E-state index is 12.1. The Morgan fingerprint density at radius 3 is 2.38 bits per heavy atom. The molecule has 0 fully saturated rings. The van der Waals surface area contributed by atoms with Gasteiger partial charge >= 0.3 is 5.97 Å². The Morgan fingerprint density at radius 1 is 1.29 bits per heavy atom. The third kappa shape index (κ3) is 4.10. The van der Waals surface area contributed by atoms with Crippen LogP contribution in [0.25, 0.3) is 0 Å². The summed E-state index contributed by atoms with van der Waals surface area (Å²) in [4.78, 5) is 23.1. The zero-order valence-corrected chi connectivity index (χ0v) is 13.9. The molecule has 1 rings (SSSR count). The first kappa shape index (κ1) is 17.3. The highest BCUT2D eigenvalue weighted by Crippen LogP contribution is 2.36. The van der Waals surface area contributed by atoms with Crippen LogP contribution in [0.1, 0.15) is 24.2 Å². The summed E-state index contributed by atoms with van der Waals surface area (Å²) >= 11 is 3.30. The summed E-state index contributed by atoms with van der Waals surface area (Å²) in [6, 6.07) is 3.12. The summed E-state index contributed by atoms with van der Waals surface area (Å²) in [6.07, 6.45) is 0. The lowest BCUT2D eigenvalue weighted by Crippen LogP contribution is -2.38. The van der Waals surface area contributed by atoms with E-state index < -0.39 is 11.4 Å². The number of rotatable bonds is 6. The largest absolute Gasteiger partial charge is 0.493 e. The Bertz CT molecular complexity index is 557. The van der Waals surface area contributed by atoms with Crippen molar-refractivity contribution in [2.24, 2.45) is 5.41 Å². The monoisotopic (exact) mass is 359 g/mol. The molecule has 0 atom stereocenters. The number of hydrogen-bond acceptors (Lipinski definition) is 4. The molecule has 2 N–H and O–H groups in total. The van der Waals surface area contributed by atoms with Gasteiger partial charge in [-0.05, 0) is 41.9 Å². The van der Waals surface area contributed by atoms with Gasteiger partial charge in [-0.25, -0.2) is 0 Å². The molecule has 0 spiro atoms. The molecule has 0 unspecified atom stereocenters. The van der Waals surface area contributed by atoms with Gasteiger partial charge in [-0.3, -0.25) is 9.59 Å². The lowest BCUT2D eigenvalue weighted by Gasteiger charge is -2.19. The van der Waals surface area contributed by atoms with Gasteiger partial charge in [0.25, 0.3) is 5.91 Å². The summed E-state index contributed by atoms with van der Waals surface area (Å²) in [5, 5.41) is 11.6. The zero-order chi connectivity index (χ0) is 16.2. The predicted octanol–water partition coefficient (Wildman–Crippen LogP) is 2.31. The molecular formula is C14H18BrNO5. The molecule has 21 heavy (non-hydrogen) atoms. The average molecular weight is 360 g/mol. The van der Waals surface area contributed by atoms with E-state index in [0.717, 1.165) is 0 Å². The number of carbonyl (C=O) groups is 2. The fourth-order valence-electron chi connectivity index (χ4n) is 1.53. The van der Waals surface area contributed by atoms with Crippen LogP contribution in [0.3, 0.4) is 0 Å². The van der Waals surface area contributed by atoms with Crippen molar-refractivity contribution in [2.45, 2.75) is 13.8 Å². The first-order valence-electron chi connectivity index (χ1n) is 6.16. The molecule has 0 heterocycles. The van der Waals surface area contributed by atoms with Crippen molar-refractivity contribution in [2.75, 3.05) is 20.8 Å². The number of carbonyl (C=O) groups excluding carboxylic acids is 1. The molecule has 0 bridgehead atoms. The second-order valence-corrected chi connectivity index (χ2v) is 5.92. The number of carboxylic acid groups (broad SMARTS) is 1. The van der Waals surface area contributed by atoms with Gasteiger partial charge < -0.3 is 19.9 Å². The Balaban J connectivity index is 2.94. The first-order valence-corrected chi connectivity index (χ1v) is 6.95. The third-order valence-corrected chi connectivity index (χ3v) is 3.55. The van der Waals surface area contributed by atoms with Crippen LogP contribution in [0.4, 0.5) is 0 Å². The highest BCUT2D eigenvalue weighted by atomic mass is 79.9. The van der Waals surface area contributed by atoms with Gasteiger partial charge in [-0.15, -0.1) is 0 Å². The van der Waals surface area contributed by atoms with Gasteiger partial charge in [0.15, 0.2) is 11.5 Å². The summed E-state index contributed by atoms with van der Waals surface area (Å²) in [6.45, 7) is 3.10. The van der Waals surface area contributed by atoms with Crippen LogP contribution >= 0.6 is 15.9 Å². The molecule has 1 aromatic carbocycles. The standard InChI is InChI=1S/C14H18BrNO5/c1-14(2,13(18)19)7-16-12(17)8-5-9(15)11(21-4)10(6-8)20-3/h5-6H,7H2,1-4H3,(H,16,17)(H,18,19). The molecule has 1 amide bonds. The van der Waals surface area contributed by atoms with Gasteiger partial charge in [0, 0.05) is 12.1 Å². The third-order valence-electron chi connectivity index (χ3n) is 2.97. The SMILES string of the molecule is COc1cc(C(=O)NCC(C)(C)C(=O)O)cc(Br)c1OC. The van der Waals surface area contributed by atoms with E-state index in [2.05, 4.69) is 21.2 Å². The number of hydrogen-bond donors (Lipinski definition) is 2. The molecule has 6 nitrogen and oxygen atoms in total. The van der Waals surface area contributed by atoms with E-state index in [9.17, 15) is 9.59 Å². The summed E-state index contributed by atoms with van der Waals surface area (Å²) in [7, 11) is 2.97. The van der Waals surface area contributed by atoms with Crippen LogP contribution < -0.4 is 14.8 Å². The van der Waals surface area contributed by atoms with Crippen LogP contribution in [0.15, 0.2) is 16.6 Å². The molecule has 0 saturated heterocycles. The van der Waals surface area contributed by atoms with Crippen molar-refractivity contribution in [3.63, 3.8) is 0 Å². The van der Waals surface area contributed by atoms with Gasteiger partial charge in [-0.1, -0.05) is 0 Å². The van der Waals surface area contributed by atoms with E-state index in [-0.39, 0.29) is 12.5 Å². The van der Waals surface area contributed by atoms with Gasteiger partial charge in [-0.2, -0.15) is 0 Å². The predicted molar refractivity (Wildman–Crippen MR) is 81.0 cm³/mol. The second kappa shape index (κ2) is 6.80. The zero-order valence-electron chi connectivity index (χ0n) is 12.3. The Morgan fingerprint density at radius 2 is 1.90 bits per heavy atom. The normalized spacial score (nSPS) is 10.9. The average Bonchev–Trinajstić information content (AvgIpc) is 2.43. The minimum atomic E-state index is -1.04. The van der Waals surface area contributed by atoms with Crippen molar-refractivity contribution in [3.8, 4) is 11.5 Å². The molecule has 0 aliphatic heterocycles. The van der Waals surface area contributed by atoms with Crippen molar-refractivity contribution >= 4 is 27.8 Å². The van der Waals surface area contributed by atoms with Gasteiger partial charge in [0.2, 0.25) is 0 Å². The molecule has 0 aromatic heterocycles. The Kier molecular flexibility index (Phi) is 5.60. The quantitative estimate of drug-likeness (QED) is 0.813. The maximum Gasteiger partial charge on any atom is 0.310 e. The number of aliphatic carboxylic acids is 1. The molecule has 1 aromatic rings. The summed E-state index contributed by atoms with van der Waals surface area (Å²) < 4.78 is 10.9. The molecular weight excluding hydrogens is 342 g/mol. The Labute approximate surface area is 131 Å². The van der Waals surface area contributed by atoms with E-state index in [1.54, 1.807) is 19.9 Å². The van der Waals surface area contributed by atoms with Crippen LogP contribution in [0, 0.1) is 5.41 Å². The number of methoxy groups -OCH3 is 2. The van der Waals surface area contributed by atoms with Crippen molar-refractivity contribution < 1.29 is 24.2 Å². The number of halogens is 1. The molecule has 0 aliphatic carbocycles. The lowest BCUT2D eigenvalue weighted by molar-refractivity contribution is -0.146. The lowest BCUT2D eigenvalue weighted by atomic mass is 9.94. The highest BCUT2D eigenvalue weighted by Gasteiger charge is 2.28. The highest BCUT2D eigenvalue weighted by molar-refractivity contribution is 9.10. The van der Waals surface area contributed by atoms with Crippen LogP contribution in [0.2, 0.25) is 0 Å².